The topological polar surface area (TPSA) is 49.4 Å². The molecule has 2 aliphatic heterocycles. The lowest BCUT2D eigenvalue weighted by molar-refractivity contribution is -0.129. The number of fused-ring (bicyclic) bond motifs is 1. The van der Waals surface area contributed by atoms with Crippen molar-refractivity contribution in [3.63, 3.8) is 0 Å². The normalized spacial score (nSPS) is 21.5. The maximum absolute atomic E-state index is 12.8. The summed E-state index contributed by atoms with van der Waals surface area (Å²) in [4.78, 5) is 28.2. The number of nitrogens with zero attached hydrogens (tertiary/aromatic N) is 1. The van der Waals surface area contributed by atoms with Gasteiger partial charge in [0.2, 0.25) is 11.8 Å². The summed E-state index contributed by atoms with van der Waals surface area (Å²) in [6.07, 6.45) is 1.99. The van der Waals surface area contributed by atoms with Crippen LogP contribution < -0.4 is 5.32 Å². The highest BCUT2D eigenvalue weighted by Gasteiger charge is 2.35. The SMILES string of the molecule is O=C(NC1CCSc2ccc(Cl)cc21)C1CC(=O)N(CCc2ccccc2)C1. The largest absolute Gasteiger partial charge is 0.349 e. The predicted octanol–water partition coefficient (Wildman–Crippen LogP) is 4.08. The fourth-order valence-electron chi connectivity index (χ4n) is 3.88. The van der Waals surface area contributed by atoms with E-state index in [1.54, 1.807) is 11.8 Å². The molecule has 0 saturated carbocycles. The average Bonchev–Trinajstić information content (AvgIpc) is 3.08. The van der Waals surface area contributed by atoms with E-state index in [9.17, 15) is 9.59 Å². The zero-order valence-electron chi connectivity index (χ0n) is 15.6. The quantitative estimate of drug-likeness (QED) is 0.801. The van der Waals surface area contributed by atoms with Gasteiger partial charge in [-0.25, -0.2) is 0 Å². The van der Waals surface area contributed by atoms with Gasteiger partial charge in [0, 0.05) is 35.2 Å². The van der Waals surface area contributed by atoms with E-state index < -0.39 is 0 Å². The Labute approximate surface area is 174 Å². The van der Waals surface area contributed by atoms with Crippen LogP contribution in [0.3, 0.4) is 0 Å². The summed E-state index contributed by atoms with van der Waals surface area (Å²) < 4.78 is 0. The van der Waals surface area contributed by atoms with Crippen LogP contribution in [0.15, 0.2) is 53.4 Å². The van der Waals surface area contributed by atoms with E-state index in [-0.39, 0.29) is 23.8 Å². The van der Waals surface area contributed by atoms with Gasteiger partial charge in [0.15, 0.2) is 0 Å². The molecule has 6 heteroatoms. The number of hydrogen-bond acceptors (Lipinski definition) is 3. The van der Waals surface area contributed by atoms with Crippen LogP contribution >= 0.6 is 23.4 Å². The first-order chi connectivity index (χ1) is 13.6. The highest BCUT2D eigenvalue weighted by Crippen LogP contribution is 2.37. The molecule has 0 aliphatic carbocycles. The Morgan fingerprint density at radius 2 is 2.04 bits per heavy atom. The van der Waals surface area contributed by atoms with Gasteiger partial charge in [-0.2, -0.15) is 0 Å². The molecule has 1 N–H and O–H groups in total. The molecule has 2 aromatic carbocycles. The number of halogens is 1. The molecule has 28 heavy (non-hydrogen) atoms. The molecule has 0 aromatic heterocycles. The van der Waals surface area contributed by atoms with E-state index >= 15 is 0 Å². The number of carbonyl (C=O) groups excluding carboxylic acids is 2. The molecule has 146 valence electrons. The number of nitrogens with one attached hydrogen (secondary N) is 1. The Morgan fingerprint density at radius 3 is 2.86 bits per heavy atom. The van der Waals surface area contributed by atoms with Crippen LogP contribution in [0.4, 0.5) is 0 Å². The van der Waals surface area contributed by atoms with E-state index in [4.69, 9.17) is 11.6 Å². The molecule has 0 spiro atoms. The van der Waals surface area contributed by atoms with Crippen LogP contribution in [-0.2, 0) is 16.0 Å². The molecule has 4 rings (SSSR count). The van der Waals surface area contributed by atoms with Crippen molar-refractivity contribution < 1.29 is 9.59 Å². The molecular formula is C22H23ClN2O2S. The minimum Gasteiger partial charge on any atom is -0.349 e. The zero-order valence-corrected chi connectivity index (χ0v) is 17.1. The maximum Gasteiger partial charge on any atom is 0.225 e. The molecule has 1 fully saturated rings. The highest BCUT2D eigenvalue weighted by molar-refractivity contribution is 7.99. The first kappa shape index (κ1) is 19.3. The molecule has 2 heterocycles. The van der Waals surface area contributed by atoms with E-state index in [2.05, 4.69) is 17.4 Å². The summed E-state index contributed by atoms with van der Waals surface area (Å²) in [5.74, 6) is 0.726. The van der Waals surface area contributed by atoms with Crippen molar-refractivity contribution in [2.45, 2.75) is 30.2 Å². The molecule has 0 bridgehead atoms. The minimum atomic E-state index is -0.277. The molecule has 2 amide bonds. The van der Waals surface area contributed by atoms with Crippen LogP contribution in [0.5, 0.6) is 0 Å². The van der Waals surface area contributed by atoms with Gasteiger partial charge < -0.3 is 10.2 Å². The molecule has 0 radical (unpaired) electrons. The number of amides is 2. The predicted molar refractivity (Wildman–Crippen MR) is 113 cm³/mol. The number of hydrogen-bond donors (Lipinski definition) is 1. The van der Waals surface area contributed by atoms with Gasteiger partial charge in [0.1, 0.15) is 0 Å². The van der Waals surface area contributed by atoms with Gasteiger partial charge >= 0.3 is 0 Å². The van der Waals surface area contributed by atoms with Gasteiger partial charge in [-0.1, -0.05) is 41.9 Å². The summed E-state index contributed by atoms with van der Waals surface area (Å²) in [6, 6.07) is 15.9. The molecule has 2 aliphatic rings. The van der Waals surface area contributed by atoms with E-state index in [0.29, 0.717) is 24.5 Å². The third-order valence-corrected chi connectivity index (χ3v) is 6.78. The zero-order chi connectivity index (χ0) is 19.5. The fourth-order valence-corrected chi connectivity index (χ4v) is 5.16. The van der Waals surface area contributed by atoms with Crippen LogP contribution in [0, 0.1) is 5.92 Å². The molecule has 2 aromatic rings. The van der Waals surface area contributed by atoms with Crippen molar-refractivity contribution in [2.75, 3.05) is 18.8 Å². The first-order valence-electron chi connectivity index (χ1n) is 9.64. The summed E-state index contributed by atoms with van der Waals surface area (Å²) in [5, 5.41) is 3.85. The maximum atomic E-state index is 12.8. The van der Waals surface area contributed by atoms with Gasteiger partial charge in [-0.3, -0.25) is 9.59 Å². The number of likely N-dealkylation sites (tertiary alicyclic amines) is 1. The number of rotatable bonds is 5. The lowest BCUT2D eigenvalue weighted by atomic mass is 10.0. The van der Waals surface area contributed by atoms with Crippen LogP contribution in [0.2, 0.25) is 5.02 Å². The lowest BCUT2D eigenvalue weighted by Crippen LogP contribution is -2.37. The number of thioether (sulfide) groups is 1. The molecule has 4 nitrogen and oxygen atoms in total. The molecule has 2 atom stereocenters. The van der Waals surface area contributed by atoms with Gasteiger partial charge in [0.05, 0.1) is 12.0 Å². The Kier molecular flexibility index (Phi) is 5.93. The first-order valence-corrected chi connectivity index (χ1v) is 11.0. The summed E-state index contributed by atoms with van der Waals surface area (Å²) in [6.45, 7) is 1.16. The Balaban J connectivity index is 1.36. The second kappa shape index (κ2) is 8.58. The van der Waals surface area contributed by atoms with Crippen molar-refractivity contribution >= 4 is 35.2 Å². The van der Waals surface area contributed by atoms with Crippen molar-refractivity contribution in [3.05, 3.63) is 64.7 Å². The summed E-state index contributed by atoms with van der Waals surface area (Å²) >= 11 is 7.95. The molecular weight excluding hydrogens is 392 g/mol. The summed E-state index contributed by atoms with van der Waals surface area (Å²) in [7, 11) is 0. The van der Waals surface area contributed by atoms with Crippen molar-refractivity contribution in [1.29, 1.82) is 0 Å². The van der Waals surface area contributed by atoms with E-state index in [1.165, 1.54) is 10.5 Å². The van der Waals surface area contributed by atoms with Crippen molar-refractivity contribution in [3.8, 4) is 0 Å². The van der Waals surface area contributed by atoms with Gasteiger partial charge in [-0.15, -0.1) is 11.8 Å². The standard InChI is InChI=1S/C22H23ClN2O2S/c23-17-6-7-20-18(13-17)19(9-11-28-20)24-22(27)16-12-21(26)25(14-16)10-8-15-4-2-1-3-5-15/h1-7,13,16,19H,8-12,14H2,(H,24,27). The van der Waals surface area contributed by atoms with E-state index in [1.807, 2.05) is 41.3 Å². The van der Waals surface area contributed by atoms with Crippen LogP contribution in [0.25, 0.3) is 0 Å². The third kappa shape index (κ3) is 4.36. The Hall–Kier alpha value is -1.98. The van der Waals surface area contributed by atoms with Crippen LogP contribution in [-0.4, -0.2) is 35.6 Å². The highest BCUT2D eigenvalue weighted by atomic mass is 35.5. The van der Waals surface area contributed by atoms with Gasteiger partial charge in [-0.05, 0) is 42.2 Å². The molecule has 1 saturated heterocycles. The second-order valence-electron chi connectivity index (χ2n) is 7.36. The van der Waals surface area contributed by atoms with E-state index in [0.717, 1.165) is 24.2 Å². The van der Waals surface area contributed by atoms with Gasteiger partial charge in [0.25, 0.3) is 0 Å². The summed E-state index contributed by atoms with van der Waals surface area (Å²) in [5.41, 5.74) is 2.29. The third-order valence-electron chi connectivity index (χ3n) is 5.43. The number of benzene rings is 2. The van der Waals surface area contributed by atoms with Crippen molar-refractivity contribution in [1.82, 2.24) is 10.2 Å². The second-order valence-corrected chi connectivity index (χ2v) is 8.93. The minimum absolute atomic E-state index is 0.0293. The smallest absolute Gasteiger partial charge is 0.225 e. The molecule has 2 unspecified atom stereocenters. The average molecular weight is 415 g/mol. The van der Waals surface area contributed by atoms with Crippen LogP contribution in [0.1, 0.15) is 30.0 Å². The monoisotopic (exact) mass is 414 g/mol. The Morgan fingerprint density at radius 1 is 1.21 bits per heavy atom. The number of carbonyl (C=O) groups is 2. The fraction of sp³-hybridized carbons (Fsp3) is 0.364. The Bertz CT molecular complexity index is 874. The van der Waals surface area contributed by atoms with Crippen molar-refractivity contribution in [2.24, 2.45) is 5.92 Å². The lowest BCUT2D eigenvalue weighted by Gasteiger charge is -2.27.